The van der Waals surface area contributed by atoms with Gasteiger partial charge >= 0.3 is 0 Å². The number of ether oxygens (including phenoxy) is 2. The predicted molar refractivity (Wildman–Crippen MR) is 94.1 cm³/mol. The monoisotopic (exact) mass is 375 g/mol. The summed E-state index contributed by atoms with van der Waals surface area (Å²) in [5.41, 5.74) is -1.19. The van der Waals surface area contributed by atoms with E-state index in [9.17, 15) is 18.4 Å². The molecule has 27 heavy (non-hydrogen) atoms. The van der Waals surface area contributed by atoms with Crippen molar-refractivity contribution in [2.45, 2.75) is 6.54 Å². The zero-order valence-corrected chi connectivity index (χ0v) is 14.5. The number of aromatic nitrogens is 2. The van der Waals surface area contributed by atoms with Crippen LogP contribution >= 0.6 is 0 Å². The number of rotatable bonds is 5. The SMILES string of the molecule is COc1ccc2cnn(CC(=O)Nc3c(F)cccc3F)c(=O)c2c1OC. The van der Waals surface area contributed by atoms with Gasteiger partial charge in [-0.2, -0.15) is 5.10 Å². The van der Waals surface area contributed by atoms with Gasteiger partial charge in [0.1, 0.15) is 23.9 Å². The normalized spacial score (nSPS) is 10.7. The molecular weight excluding hydrogens is 360 g/mol. The molecule has 0 spiro atoms. The summed E-state index contributed by atoms with van der Waals surface area (Å²) in [7, 11) is 2.81. The molecule has 3 rings (SSSR count). The molecule has 0 aliphatic heterocycles. The Morgan fingerprint density at radius 2 is 1.85 bits per heavy atom. The van der Waals surface area contributed by atoms with Crippen LogP contribution in [-0.2, 0) is 11.3 Å². The first-order valence-electron chi connectivity index (χ1n) is 7.81. The van der Waals surface area contributed by atoms with Gasteiger partial charge in [0, 0.05) is 5.39 Å². The lowest BCUT2D eigenvalue weighted by molar-refractivity contribution is -0.117. The second-order valence-electron chi connectivity index (χ2n) is 5.52. The highest BCUT2D eigenvalue weighted by molar-refractivity contribution is 5.92. The van der Waals surface area contributed by atoms with Gasteiger partial charge in [0.25, 0.3) is 5.56 Å². The van der Waals surface area contributed by atoms with Crippen LogP contribution in [0.4, 0.5) is 14.5 Å². The minimum absolute atomic E-state index is 0.178. The Bertz CT molecular complexity index is 1060. The zero-order valence-electron chi connectivity index (χ0n) is 14.5. The lowest BCUT2D eigenvalue weighted by atomic mass is 10.1. The summed E-state index contributed by atoms with van der Waals surface area (Å²) in [6, 6.07) is 6.45. The van der Waals surface area contributed by atoms with E-state index >= 15 is 0 Å². The van der Waals surface area contributed by atoms with Crippen LogP contribution in [0.2, 0.25) is 0 Å². The number of methoxy groups -OCH3 is 2. The van der Waals surface area contributed by atoms with Crippen LogP contribution in [0.25, 0.3) is 10.8 Å². The van der Waals surface area contributed by atoms with E-state index in [1.165, 1.54) is 26.5 Å². The molecule has 0 radical (unpaired) electrons. The topological polar surface area (TPSA) is 82.5 Å². The molecule has 7 nitrogen and oxygen atoms in total. The van der Waals surface area contributed by atoms with E-state index in [4.69, 9.17) is 9.47 Å². The third-order valence-electron chi connectivity index (χ3n) is 3.88. The highest BCUT2D eigenvalue weighted by atomic mass is 19.1. The fraction of sp³-hybridized carbons (Fsp3) is 0.167. The van der Waals surface area contributed by atoms with Crippen LogP contribution < -0.4 is 20.3 Å². The molecule has 2 aromatic carbocycles. The van der Waals surface area contributed by atoms with Crippen molar-refractivity contribution in [1.82, 2.24) is 9.78 Å². The molecule has 1 N–H and O–H groups in total. The molecule has 140 valence electrons. The molecule has 0 unspecified atom stereocenters. The molecule has 0 saturated carbocycles. The largest absolute Gasteiger partial charge is 0.493 e. The van der Waals surface area contributed by atoms with Crippen LogP contribution in [0.3, 0.4) is 0 Å². The second-order valence-corrected chi connectivity index (χ2v) is 5.52. The Morgan fingerprint density at radius 1 is 1.15 bits per heavy atom. The van der Waals surface area contributed by atoms with Crippen molar-refractivity contribution in [1.29, 1.82) is 0 Å². The molecule has 1 aromatic heterocycles. The standard InChI is InChI=1S/C18H15F2N3O4/c1-26-13-7-6-10-8-21-23(18(25)15(10)17(13)27-2)9-14(24)22-16-11(19)4-3-5-12(16)20/h3-8H,9H2,1-2H3,(H,22,24). The van der Waals surface area contributed by atoms with Crippen molar-refractivity contribution >= 4 is 22.4 Å². The van der Waals surface area contributed by atoms with Gasteiger partial charge in [-0.3, -0.25) is 9.59 Å². The average molecular weight is 375 g/mol. The highest BCUT2D eigenvalue weighted by Gasteiger charge is 2.17. The van der Waals surface area contributed by atoms with Gasteiger partial charge in [-0.05, 0) is 24.3 Å². The van der Waals surface area contributed by atoms with Crippen molar-refractivity contribution in [2.24, 2.45) is 0 Å². The predicted octanol–water partition coefficient (Wildman–Crippen LogP) is 2.33. The Morgan fingerprint density at radius 3 is 2.48 bits per heavy atom. The number of benzene rings is 2. The van der Waals surface area contributed by atoms with E-state index in [-0.39, 0.29) is 11.1 Å². The molecule has 0 bridgehead atoms. The summed E-state index contributed by atoms with van der Waals surface area (Å²) in [6.45, 7) is -0.539. The van der Waals surface area contributed by atoms with Crippen LogP contribution in [0.5, 0.6) is 11.5 Å². The number of para-hydroxylation sites is 1. The molecule has 1 amide bonds. The second kappa shape index (κ2) is 7.40. The molecule has 0 saturated heterocycles. The number of amides is 1. The van der Waals surface area contributed by atoms with Gasteiger partial charge in [-0.25, -0.2) is 13.5 Å². The quantitative estimate of drug-likeness (QED) is 0.740. The summed E-state index contributed by atoms with van der Waals surface area (Å²) in [5.74, 6) is -2.11. The first-order valence-corrected chi connectivity index (χ1v) is 7.81. The fourth-order valence-corrected chi connectivity index (χ4v) is 2.63. The third-order valence-corrected chi connectivity index (χ3v) is 3.88. The molecule has 0 aliphatic rings. The van der Waals surface area contributed by atoms with E-state index in [2.05, 4.69) is 10.4 Å². The number of nitrogens with one attached hydrogen (secondary N) is 1. The number of hydrogen-bond donors (Lipinski definition) is 1. The summed E-state index contributed by atoms with van der Waals surface area (Å²) in [6.07, 6.45) is 1.38. The molecule has 0 fully saturated rings. The number of nitrogens with zero attached hydrogens (tertiary/aromatic N) is 2. The number of carbonyl (C=O) groups excluding carboxylic acids is 1. The van der Waals surface area contributed by atoms with E-state index in [1.807, 2.05) is 0 Å². The molecular formula is C18H15F2N3O4. The number of carbonyl (C=O) groups is 1. The van der Waals surface area contributed by atoms with Crippen molar-refractivity contribution in [3.63, 3.8) is 0 Å². The Balaban J connectivity index is 1.97. The van der Waals surface area contributed by atoms with Crippen molar-refractivity contribution in [2.75, 3.05) is 19.5 Å². The van der Waals surface area contributed by atoms with Crippen LogP contribution in [0, 0.1) is 11.6 Å². The van der Waals surface area contributed by atoms with E-state index in [0.717, 1.165) is 16.8 Å². The average Bonchev–Trinajstić information content (AvgIpc) is 2.66. The molecule has 0 aliphatic carbocycles. The van der Waals surface area contributed by atoms with Crippen LogP contribution in [0.1, 0.15) is 0 Å². The first kappa shape index (κ1) is 18.3. The third kappa shape index (κ3) is 3.43. The van der Waals surface area contributed by atoms with Crippen LogP contribution in [0.15, 0.2) is 41.3 Å². The fourth-order valence-electron chi connectivity index (χ4n) is 2.63. The van der Waals surface area contributed by atoms with Gasteiger partial charge in [0.15, 0.2) is 11.5 Å². The molecule has 3 aromatic rings. The summed E-state index contributed by atoms with van der Waals surface area (Å²) in [4.78, 5) is 24.9. The Labute approximate surface area is 152 Å². The van der Waals surface area contributed by atoms with Gasteiger partial charge in [-0.1, -0.05) is 6.07 Å². The molecule has 9 heteroatoms. The van der Waals surface area contributed by atoms with E-state index < -0.39 is 35.3 Å². The molecule has 0 atom stereocenters. The van der Waals surface area contributed by atoms with Crippen LogP contribution in [-0.4, -0.2) is 29.9 Å². The molecule has 1 heterocycles. The minimum Gasteiger partial charge on any atom is -0.493 e. The van der Waals surface area contributed by atoms with Gasteiger partial charge in [-0.15, -0.1) is 0 Å². The van der Waals surface area contributed by atoms with Gasteiger partial charge in [0.2, 0.25) is 5.91 Å². The van der Waals surface area contributed by atoms with Gasteiger partial charge < -0.3 is 14.8 Å². The van der Waals surface area contributed by atoms with Gasteiger partial charge in [0.05, 0.1) is 25.8 Å². The number of halogens is 2. The summed E-state index contributed by atoms with van der Waals surface area (Å²) >= 11 is 0. The van der Waals surface area contributed by atoms with Crippen molar-refractivity contribution < 1.29 is 23.0 Å². The highest BCUT2D eigenvalue weighted by Crippen LogP contribution is 2.32. The summed E-state index contributed by atoms with van der Waals surface area (Å²) < 4.78 is 38.6. The van der Waals surface area contributed by atoms with Crippen molar-refractivity contribution in [3.8, 4) is 11.5 Å². The maximum absolute atomic E-state index is 13.6. The first-order chi connectivity index (χ1) is 13.0. The maximum Gasteiger partial charge on any atom is 0.279 e. The minimum atomic E-state index is -0.923. The number of hydrogen-bond acceptors (Lipinski definition) is 5. The Kier molecular flexibility index (Phi) is 5.02. The smallest absolute Gasteiger partial charge is 0.279 e. The van der Waals surface area contributed by atoms with E-state index in [1.54, 1.807) is 12.1 Å². The maximum atomic E-state index is 13.6. The lowest BCUT2D eigenvalue weighted by Gasteiger charge is -2.12. The zero-order chi connectivity index (χ0) is 19.6. The lowest BCUT2D eigenvalue weighted by Crippen LogP contribution is -2.30. The van der Waals surface area contributed by atoms with E-state index in [0.29, 0.717) is 11.1 Å². The number of anilines is 1. The summed E-state index contributed by atoms with van der Waals surface area (Å²) in [5, 5.41) is 6.70. The van der Waals surface area contributed by atoms with Crippen molar-refractivity contribution in [3.05, 3.63) is 58.5 Å². The number of fused-ring (bicyclic) bond motifs is 1. The Hall–Kier alpha value is -3.49.